The summed E-state index contributed by atoms with van der Waals surface area (Å²) in [5, 5.41) is 10.4. The van der Waals surface area contributed by atoms with Gasteiger partial charge in [-0.3, -0.25) is 4.98 Å². The predicted octanol–water partition coefficient (Wildman–Crippen LogP) is 6.56. The van der Waals surface area contributed by atoms with Crippen LogP contribution >= 0.6 is 0 Å². The van der Waals surface area contributed by atoms with Crippen LogP contribution in [-0.2, 0) is 16.0 Å². The van der Waals surface area contributed by atoms with E-state index in [1.165, 1.54) is 12.1 Å². The van der Waals surface area contributed by atoms with Crippen molar-refractivity contribution in [1.29, 1.82) is 0 Å². The van der Waals surface area contributed by atoms with Gasteiger partial charge in [0.2, 0.25) is 0 Å². The lowest BCUT2D eigenvalue weighted by atomic mass is 9.82. The smallest absolute Gasteiger partial charge is 0.337 e. The van der Waals surface area contributed by atoms with E-state index < -0.39 is 17.7 Å². The number of carbonyl (C=O) groups is 1. The van der Waals surface area contributed by atoms with E-state index in [0.717, 1.165) is 37.2 Å². The topological polar surface area (TPSA) is 97.7 Å². The summed E-state index contributed by atoms with van der Waals surface area (Å²) in [6.07, 6.45) is 6.96. The zero-order valence-electron chi connectivity index (χ0n) is 24.9. The molecule has 0 saturated carbocycles. The molecule has 1 aliphatic rings. The van der Waals surface area contributed by atoms with Gasteiger partial charge in [0.1, 0.15) is 5.82 Å². The Bertz CT molecular complexity index is 1330. The molecule has 4 rings (SSSR count). The summed E-state index contributed by atoms with van der Waals surface area (Å²) in [6, 6.07) is 6.33. The van der Waals surface area contributed by atoms with Crippen molar-refractivity contribution < 1.29 is 23.8 Å². The van der Waals surface area contributed by atoms with Crippen LogP contribution in [0.15, 0.2) is 42.9 Å². The first-order chi connectivity index (χ1) is 19.4. The number of pyridine rings is 1. The van der Waals surface area contributed by atoms with Gasteiger partial charge in [0.15, 0.2) is 17.7 Å². The van der Waals surface area contributed by atoms with E-state index in [4.69, 9.17) is 9.47 Å². The maximum absolute atomic E-state index is 13.2. The van der Waals surface area contributed by atoms with E-state index in [0.29, 0.717) is 47.8 Å². The molecular formula is C32H41FN4O4. The SMILES string of the molecule is CCC(C)(C)O[C@H](C(=O)O)c1c(C)ncc(-c2ncc(OCCc3ccc(F)cc3)cn2)c1N1CCC(C)(C)CC1. The van der Waals surface area contributed by atoms with Gasteiger partial charge in [-0.2, -0.15) is 0 Å². The lowest BCUT2D eigenvalue weighted by Gasteiger charge is -2.40. The number of carboxylic acid groups (broad SMARTS) is 1. The van der Waals surface area contributed by atoms with Crippen LogP contribution in [0.2, 0.25) is 0 Å². The van der Waals surface area contributed by atoms with Crippen LogP contribution in [0.4, 0.5) is 10.1 Å². The molecule has 1 fully saturated rings. The Labute approximate surface area is 242 Å². The Hall–Kier alpha value is -3.59. The number of hydrogen-bond acceptors (Lipinski definition) is 7. The van der Waals surface area contributed by atoms with E-state index in [1.54, 1.807) is 30.7 Å². The maximum atomic E-state index is 13.2. The van der Waals surface area contributed by atoms with Crippen molar-refractivity contribution in [2.45, 2.75) is 78.9 Å². The van der Waals surface area contributed by atoms with Crippen LogP contribution in [0.3, 0.4) is 0 Å². The zero-order chi connectivity index (χ0) is 29.8. The number of piperidine rings is 1. The highest BCUT2D eigenvalue weighted by atomic mass is 19.1. The van der Waals surface area contributed by atoms with Gasteiger partial charge in [-0.1, -0.05) is 32.9 Å². The van der Waals surface area contributed by atoms with E-state index in [1.807, 2.05) is 27.7 Å². The molecular weight excluding hydrogens is 523 g/mol. The standard InChI is InChI=1S/C32H41FN4O4/c1-7-32(5,6)41-28(30(38)39)26-21(2)34-20-25(27(26)37-15-13-31(3,4)14-16-37)29-35-18-24(19-36-29)40-17-12-22-8-10-23(33)11-9-22/h8-11,18-20,28H,7,12-17H2,1-6H3,(H,38,39)/t28-/m0/s1. The Kier molecular flexibility index (Phi) is 9.27. The third-order valence-corrected chi connectivity index (χ3v) is 7.94. The largest absolute Gasteiger partial charge is 0.490 e. The number of benzene rings is 1. The second kappa shape index (κ2) is 12.5. The molecule has 2 aromatic heterocycles. The minimum Gasteiger partial charge on any atom is -0.490 e. The number of carboxylic acids is 1. The number of anilines is 1. The van der Waals surface area contributed by atoms with Crippen LogP contribution in [0, 0.1) is 18.2 Å². The molecule has 1 saturated heterocycles. The fourth-order valence-electron chi connectivity index (χ4n) is 4.87. The van der Waals surface area contributed by atoms with Gasteiger partial charge in [0.25, 0.3) is 0 Å². The minimum atomic E-state index is -1.20. The summed E-state index contributed by atoms with van der Waals surface area (Å²) >= 11 is 0. The Morgan fingerprint density at radius 2 is 1.73 bits per heavy atom. The second-order valence-electron chi connectivity index (χ2n) is 12.1. The third kappa shape index (κ3) is 7.58. The van der Waals surface area contributed by atoms with Gasteiger partial charge in [0.05, 0.1) is 35.9 Å². The highest BCUT2D eigenvalue weighted by molar-refractivity contribution is 5.84. The fourth-order valence-corrected chi connectivity index (χ4v) is 4.87. The summed E-state index contributed by atoms with van der Waals surface area (Å²) < 4.78 is 25.2. The first kappa shape index (κ1) is 30.4. The third-order valence-electron chi connectivity index (χ3n) is 7.94. The van der Waals surface area contributed by atoms with Crippen molar-refractivity contribution in [3.8, 4) is 17.1 Å². The van der Waals surface area contributed by atoms with Gasteiger partial charge in [-0.15, -0.1) is 0 Å². The summed E-state index contributed by atoms with van der Waals surface area (Å²) in [5.74, 6) is -0.384. The van der Waals surface area contributed by atoms with Crippen molar-refractivity contribution in [2.24, 2.45) is 5.41 Å². The monoisotopic (exact) mass is 564 g/mol. The average Bonchev–Trinajstić information content (AvgIpc) is 2.93. The number of halogens is 1. The van der Waals surface area contributed by atoms with Gasteiger partial charge in [-0.05, 0) is 63.1 Å². The molecule has 0 aliphatic carbocycles. The number of aryl methyl sites for hydroxylation is 1. The molecule has 1 aliphatic heterocycles. The molecule has 3 aromatic rings. The predicted molar refractivity (Wildman–Crippen MR) is 157 cm³/mol. The molecule has 41 heavy (non-hydrogen) atoms. The van der Waals surface area contributed by atoms with Crippen molar-refractivity contribution in [1.82, 2.24) is 15.0 Å². The van der Waals surface area contributed by atoms with Crippen molar-refractivity contribution in [2.75, 3.05) is 24.6 Å². The molecule has 1 aromatic carbocycles. The molecule has 0 radical (unpaired) electrons. The lowest BCUT2D eigenvalue weighted by molar-refractivity contribution is -0.162. The molecule has 9 heteroatoms. The number of ether oxygens (including phenoxy) is 2. The quantitative estimate of drug-likeness (QED) is 0.279. The van der Waals surface area contributed by atoms with Crippen molar-refractivity contribution >= 4 is 11.7 Å². The number of nitrogens with zero attached hydrogens (tertiary/aromatic N) is 4. The van der Waals surface area contributed by atoms with Crippen molar-refractivity contribution in [3.05, 3.63) is 65.5 Å². The first-order valence-electron chi connectivity index (χ1n) is 14.2. The molecule has 1 N–H and O–H groups in total. The maximum Gasteiger partial charge on any atom is 0.337 e. The van der Waals surface area contributed by atoms with Crippen molar-refractivity contribution in [3.63, 3.8) is 0 Å². The van der Waals surface area contributed by atoms with E-state index in [2.05, 4.69) is 33.7 Å². The van der Waals surface area contributed by atoms with Crippen LogP contribution in [0.25, 0.3) is 11.4 Å². The zero-order valence-corrected chi connectivity index (χ0v) is 24.9. The molecule has 0 unspecified atom stereocenters. The van der Waals surface area contributed by atoms with Crippen LogP contribution in [-0.4, -0.2) is 51.3 Å². The lowest BCUT2D eigenvalue weighted by Crippen LogP contribution is -2.39. The Balaban J connectivity index is 1.68. The molecule has 220 valence electrons. The van der Waals surface area contributed by atoms with E-state index in [9.17, 15) is 14.3 Å². The number of rotatable bonds is 11. The van der Waals surface area contributed by atoms with Gasteiger partial charge in [0, 0.05) is 37.0 Å². The molecule has 1 atom stereocenters. The summed E-state index contributed by atoms with van der Waals surface area (Å²) in [7, 11) is 0. The van der Waals surface area contributed by atoms with Gasteiger partial charge in [-0.25, -0.2) is 19.2 Å². The van der Waals surface area contributed by atoms with Gasteiger partial charge >= 0.3 is 5.97 Å². The second-order valence-corrected chi connectivity index (χ2v) is 12.1. The summed E-state index contributed by atoms with van der Waals surface area (Å²) in [5.41, 5.74) is 3.10. The summed E-state index contributed by atoms with van der Waals surface area (Å²) in [4.78, 5) is 28.7. The number of aliphatic carboxylic acids is 1. The molecule has 0 spiro atoms. The van der Waals surface area contributed by atoms with Crippen LogP contribution < -0.4 is 9.64 Å². The van der Waals surface area contributed by atoms with Crippen LogP contribution in [0.1, 0.15) is 76.8 Å². The normalized spacial score (nSPS) is 15.9. The highest BCUT2D eigenvalue weighted by Crippen LogP contribution is 2.43. The first-order valence-corrected chi connectivity index (χ1v) is 14.2. The number of hydrogen-bond donors (Lipinski definition) is 1. The van der Waals surface area contributed by atoms with E-state index in [-0.39, 0.29) is 11.2 Å². The molecule has 8 nitrogen and oxygen atoms in total. The molecule has 0 bridgehead atoms. The highest BCUT2D eigenvalue weighted by Gasteiger charge is 2.36. The molecule has 3 heterocycles. The Morgan fingerprint density at radius 3 is 2.32 bits per heavy atom. The molecule has 0 amide bonds. The summed E-state index contributed by atoms with van der Waals surface area (Å²) in [6.45, 7) is 14.1. The minimum absolute atomic E-state index is 0.204. The Morgan fingerprint density at radius 1 is 1.10 bits per heavy atom. The van der Waals surface area contributed by atoms with E-state index >= 15 is 0 Å². The average molecular weight is 565 g/mol. The number of aromatic nitrogens is 3. The van der Waals surface area contributed by atoms with Gasteiger partial charge < -0.3 is 19.5 Å². The fraction of sp³-hybridized carbons (Fsp3) is 0.500. The van der Waals surface area contributed by atoms with Crippen LogP contribution in [0.5, 0.6) is 5.75 Å².